The van der Waals surface area contributed by atoms with Crippen LogP contribution in [0.15, 0.2) is 23.8 Å². The Morgan fingerprint density at radius 2 is 2.04 bits per heavy atom. The first-order valence-electron chi connectivity index (χ1n) is 9.30. The van der Waals surface area contributed by atoms with Gasteiger partial charge in [0, 0.05) is 30.4 Å². The van der Waals surface area contributed by atoms with Crippen LogP contribution in [0.3, 0.4) is 0 Å². The van der Waals surface area contributed by atoms with Gasteiger partial charge in [0.2, 0.25) is 0 Å². The molecule has 1 saturated carbocycles. The summed E-state index contributed by atoms with van der Waals surface area (Å²) in [6.45, 7) is 10.6. The predicted octanol–water partition coefficient (Wildman–Crippen LogP) is 1.42. The molecule has 3 rings (SSSR count). The van der Waals surface area contributed by atoms with Gasteiger partial charge in [0.05, 0.1) is 29.3 Å². The summed E-state index contributed by atoms with van der Waals surface area (Å²) in [7, 11) is 0. The predicted molar refractivity (Wildman–Crippen MR) is 95.6 cm³/mol. The molecule has 3 aliphatic rings. The number of fused-ring (bicyclic) bond motifs is 2. The van der Waals surface area contributed by atoms with Gasteiger partial charge in [-0.1, -0.05) is 12.7 Å². The number of hydrogen-bond donors (Lipinski definition) is 2. The molecular weight excluding hydrogens is 352 g/mol. The quantitative estimate of drug-likeness (QED) is 0.424. The first-order chi connectivity index (χ1) is 12.5. The van der Waals surface area contributed by atoms with Crippen molar-refractivity contribution in [2.45, 2.75) is 82.6 Å². The highest BCUT2D eigenvalue weighted by Crippen LogP contribution is 2.49. The third kappa shape index (κ3) is 3.68. The van der Waals surface area contributed by atoms with Gasteiger partial charge < -0.3 is 24.4 Å². The standard InChI is InChI=1S/C20H28O7/c1-6-10(2)17(22)25-13-9-20(5)15(27-20)7-14(21)19(4,24)8-12-16(13)11(3)18(23)26-12/h6,12-16,21,24H,3,7-9H2,1-2,4-5H3/b10-6-/t12-,13?,14?,15-,16+,19+,20-/m1/s1. The van der Waals surface area contributed by atoms with Crippen LogP contribution in [0, 0.1) is 5.92 Å². The first-order valence-corrected chi connectivity index (χ1v) is 9.30. The molecule has 2 unspecified atom stereocenters. The lowest BCUT2D eigenvalue weighted by molar-refractivity contribution is -0.153. The number of carbonyl (C=O) groups is 2. The van der Waals surface area contributed by atoms with E-state index < -0.39 is 47.4 Å². The van der Waals surface area contributed by atoms with Crippen LogP contribution in [0.25, 0.3) is 0 Å². The summed E-state index contributed by atoms with van der Waals surface area (Å²) in [6.07, 6.45) is -0.424. The minimum Gasteiger partial charge on any atom is -0.458 e. The summed E-state index contributed by atoms with van der Waals surface area (Å²) >= 11 is 0. The Morgan fingerprint density at radius 3 is 2.67 bits per heavy atom. The molecule has 0 amide bonds. The topological polar surface area (TPSA) is 106 Å². The van der Waals surface area contributed by atoms with Crippen LogP contribution in [-0.2, 0) is 23.8 Å². The Bertz CT molecular complexity index is 694. The van der Waals surface area contributed by atoms with Crippen molar-refractivity contribution in [3.63, 3.8) is 0 Å². The maximum atomic E-state index is 12.4. The van der Waals surface area contributed by atoms with E-state index in [-0.39, 0.29) is 24.5 Å². The molecule has 7 heteroatoms. The molecule has 0 aromatic heterocycles. The van der Waals surface area contributed by atoms with Crippen LogP contribution in [-0.4, -0.2) is 57.8 Å². The minimum absolute atomic E-state index is 0.0175. The molecule has 0 aromatic rings. The van der Waals surface area contributed by atoms with Crippen molar-refractivity contribution in [3.8, 4) is 0 Å². The van der Waals surface area contributed by atoms with E-state index in [9.17, 15) is 19.8 Å². The number of ether oxygens (including phenoxy) is 3. The van der Waals surface area contributed by atoms with Gasteiger partial charge in [0.15, 0.2) is 0 Å². The maximum absolute atomic E-state index is 12.4. The van der Waals surface area contributed by atoms with E-state index in [0.29, 0.717) is 12.0 Å². The van der Waals surface area contributed by atoms with Crippen LogP contribution in [0.4, 0.5) is 0 Å². The number of carbonyl (C=O) groups excluding carboxylic acids is 2. The van der Waals surface area contributed by atoms with E-state index >= 15 is 0 Å². The largest absolute Gasteiger partial charge is 0.458 e. The number of epoxide rings is 1. The lowest BCUT2D eigenvalue weighted by atomic mass is 9.77. The molecule has 0 radical (unpaired) electrons. The number of allylic oxidation sites excluding steroid dienone is 1. The van der Waals surface area contributed by atoms with Crippen LogP contribution >= 0.6 is 0 Å². The third-order valence-electron chi connectivity index (χ3n) is 6.15. The summed E-state index contributed by atoms with van der Waals surface area (Å²) in [5.74, 6) is -1.65. The SMILES string of the molecule is C=C1C(=O)O[C@@H]2C[C@](C)(O)C(O)C[C@H]3O[C@]3(C)CC(OC(=O)/C(C)=C\C)[C@@H]12. The van der Waals surface area contributed by atoms with Gasteiger partial charge in [-0.15, -0.1) is 0 Å². The summed E-state index contributed by atoms with van der Waals surface area (Å²) in [5.41, 5.74) is -1.42. The summed E-state index contributed by atoms with van der Waals surface area (Å²) in [6, 6.07) is 0. The average molecular weight is 380 g/mol. The molecule has 2 N–H and O–H groups in total. The number of hydrogen-bond acceptors (Lipinski definition) is 7. The number of rotatable bonds is 2. The zero-order chi connectivity index (χ0) is 20.1. The molecule has 7 atom stereocenters. The highest BCUT2D eigenvalue weighted by Gasteiger charge is 2.60. The number of aliphatic hydroxyl groups is 2. The van der Waals surface area contributed by atoms with Gasteiger partial charge in [0.25, 0.3) is 0 Å². The molecule has 27 heavy (non-hydrogen) atoms. The monoisotopic (exact) mass is 380 g/mol. The van der Waals surface area contributed by atoms with Gasteiger partial charge in [0.1, 0.15) is 12.2 Å². The highest BCUT2D eigenvalue weighted by atomic mass is 16.6. The molecule has 2 saturated heterocycles. The van der Waals surface area contributed by atoms with E-state index in [2.05, 4.69) is 6.58 Å². The van der Waals surface area contributed by atoms with Crippen molar-refractivity contribution in [3.05, 3.63) is 23.8 Å². The number of esters is 2. The number of aliphatic hydroxyl groups excluding tert-OH is 1. The molecular formula is C20H28O7. The average Bonchev–Trinajstić information content (AvgIpc) is 3.11. The Hall–Kier alpha value is -1.70. The van der Waals surface area contributed by atoms with Crippen molar-refractivity contribution >= 4 is 11.9 Å². The maximum Gasteiger partial charge on any atom is 0.334 e. The second-order valence-corrected chi connectivity index (χ2v) is 8.35. The Morgan fingerprint density at radius 1 is 1.37 bits per heavy atom. The van der Waals surface area contributed by atoms with Crippen LogP contribution < -0.4 is 0 Å². The van der Waals surface area contributed by atoms with E-state index in [1.807, 2.05) is 6.92 Å². The van der Waals surface area contributed by atoms with Gasteiger partial charge >= 0.3 is 11.9 Å². The lowest BCUT2D eigenvalue weighted by Gasteiger charge is -2.36. The van der Waals surface area contributed by atoms with E-state index in [4.69, 9.17) is 14.2 Å². The van der Waals surface area contributed by atoms with Crippen LogP contribution in [0.2, 0.25) is 0 Å². The van der Waals surface area contributed by atoms with E-state index in [1.54, 1.807) is 19.9 Å². The molecule has 0 bridgehead atoms. The molecule has 3 fully saturated rings. The second kappa shape index (κ2) is 6.72. The van der Waals surface area contributed by atoms with Crippen molar-refractivity contribution in [1.29, 1.82) is 0 Å². The summed E-state index contributed by atoms with van der Waals surface area (Å²) < 4.78 is 16.9. The highest BCUT2D eigenvalue weighted by molar-refractivity contribution is 5.91. The molecule has 0 aromatic carbocycles. The molecule has 7 nitrogen and oxygen atoms in total. The Kier molecular flexibility index (Phi) is 4.99. The van der Waals surface area contributed by atoms with Gasteiger partial charge in [-0.05, 0) is 27.7 Å². The van der Waals surface area contributed by atoms with Crippen molar-refractivity contribution < 1.29 is 34.0 Å². The molecule has 150 valence electrons. The Labute approximate surface area is 159 Å². The fourth-order valence-corrected chi connectivity index (χ4v) is 4.04. The van der Waals surface area contributed by atoms with Crippen molar-refractivity contribution in [2.24, 2.45) is 5.92 Å². The molecule has 2 heterocycles. The fraction of sp³-hybridized carbons (Fsp3) is 0.700. The molecule has 0 spiro atoms. The fourth-order valence-electron chi connectivity index (χ4n) is 4.04. The normalized spacial score (nSPS) is 44.8. The van der Waals surface area contributed by atoms with E-state index in [0.717, 1.165) is 0 Å². The smallest absolute Gasteiger partial charge is 0.334 e. The molecule has 1 aliphatic carbocycles. The lowest BCUT2D eigenvalue weighted by Crippen LogP contribution is -2.47. The van der Waals surface area contributed by atoms with Crippen LogP contribution in [0.1, 0.15) is 47.0 Å². The zero-order valence-corrected chi connectivity index (χ0v) is 16.2. The van der Waals surface area contributed by atoms with Gasteiger partial charge in [-0.3, -0.25) is 0 Å². The first kappa shape index (κ1) is 20.0. The summed E-state index contributed by atoms with van der Waals surface area (Å²) in [5, 5.41) is 21.2. The Balaban J connectivity index is 1.96. The third-order valence-corrected chi connectivity index (χ3v) is 6.15. The zero-order valence-electron chi connectivity index (χ0n) is 16.2. The van der Waals surface area contributed by atoms with Crippen molar-refractivity contribution in [2.75, 3.05) is 0 Å². The van der Waals surface area contributed by atoms with Crippen LogP contribution in [0.5, 0.6) is 0 Å². The summed E-state index contributed by atoms with van der Waals surface area (Å²) in [4.78, 5) is 24.6. The molecule has 2 aliphatic heterocycles. The second-order valence-electron chi connectivity index (χ2n) is 8.35. The van der Waals surface area contributed by atoms with Gasteiger partial charge in [-0.2, -0.15) is 0 Å². The van der Waals surface area contributed by atoms with Crippen molar-refractivity contribution in [1.82, 2.24) is 0 Å². The van der Waals surface area contributed by atoms with E-state index in [1.165, 1.54) is 6.92 Å². The minimum atomic E-state index is -1.48. The van der Waals surface area contributed by atoms with Gasteiger partial charge in [-0.25, -0.2) is 9.59 Å².